The van der Waals surface area contributed by atoms with Crippen molar-refractivity contribution in [2.75, 3.05) is 16.9 Å². The van der Waals surface area contributed by atoms with Crippen LogP contribution in [0.25, 0.3) is 0 Å². The summed E-state index contributed by atoms with van der Waals surface area (Å²) in [5.41, 5.74) is 1.25. The van der Waals surface area contributed by atoms with Gasteiger partial charge in [-0.3, -0.25) is 19.4 Å². The first kappa shape index (κ1) is 34.7. The van der Waals surface area contributed by atoms with Crippen molar-refractivity contribution in [3.05, 3.63) is 130 Å². The van der Waals surface area contributed by atoms with Crippen LogP contribution in [0.5, 0.6) is 0 Å². The average molecular weight is 657 g/mol. The van der Waals surface area contributed by atoms with E-state index in [-0.39, 0.29) is 15.7 Å². The lowest BCUT2D eigenvalue weighted by Crippen LogP contribution is -2.44. The predicted molar refractivity (Wildman–Crippen MR) is 168 cm³/mol. The normalized spacial score (nSPS) is 11.7. The van der Waals surface area contributed by atoms with Crippen molar-refractivity contribution < 1.29 is 37.8 Å². The predicted octanol–water partition coefficient (Wildman–Crippen LogP) is 7.29. The minimum absolute atomic E-state index is 0.134. The highest BCUT2D eigenvalue weighted by Gasteiger charge is 2.30. The quantitative estimate of drug-likeness (QED) is 0.200. The van der Waals surface area contributed by atoms with Crippen LogP contribution in [0.15, 0.2) is 97.1 Å². The SMILES string of the molecule is CC(C(=O)O)N(C(=O)c1ccccc1)c1ccc(F)c(Cl)c1.COC(=O)C(C)N(C(=O)c1ccccc1)c1ccc(F)c(Cl)c1. The summed E-state index contributed by atoms with van der Waals surface area (Å²) in [6.45, 7) is 2.91. The summed E-state index contributed by atoms with van der Waals surface area (Å²) in [6, 6.07) is 22.2. The van der Waals surface area contributed by atoms with Crippen LogP contribution in [-0.2, 0) is 14.3 Å². The Bertz CT molecular complexity index is 1670. The van der Waals surface area contributed by atoms with Crippen molar-refractivity contribution in [2.24, 2.45) is 0 Å². The summed E-state index contributed by atoms with van der Waals surface area (Å²) in [4.78, 5) is 50.9. The molecular weight excluding hydrogens is 629 g/mol. The molecule has 2 amide bonds. The van der Waals surface area contributed by atoms with Crippen LogP contribution in [0.1, 0.15) is 34.6 Å². The summed E-state index contributed by atoms with van der Waals surface area (Å²) >= 11 is 11.5. The van der Waals surface area contributed by atoms with Gasteiger partial charge in [0, 0.05) is 22.5 Å². The van der Waals surface area contributed by atoms with Gasteiger partial charge in [-0.2, -0.15) is 0 Å². The van der Waals surface area contributed by atoms with Crippen LogP contribution >= 0.6 is 23.2 Å². The number of ether oxygens (including phenoxy) is 1. The molecule has 0 heterocycles. The number of carbonyl (C=O) groups excluding carboxylic acids is 3. The van der Waals surface area contributed by atoms with Gasteiger partial charge < -0.3 is 9.84 Å². The molecule has 0 radical (unpaired) electrons. The second-order valence-electron chi connectivity index (χ2n) is 9.49. The summed E-state index contributed by atoms with van der Waals surface area (Å²) in [5.74, 6) is -3.92. The van der Waals surface area contributed by atoms with Crippen molar-refractivity contribution in [3.63, 3.8) is 0 Å². The molecule has 0 aliphatic heterocycles. The second kappa shape index (κ2) is 15.8. The Morgan fingerprint density at radius 1 is 0.667 bits per heavy atom. The molecule has 2 atom stereocenters. The van der Waals surface area contributed by atoms with Gasteiger partial charge in [0.05, 0.1) is 17.2 Å². The van der Waals surface area contributed by atoms with E-state index < -0.39 is 47.5 Å². The minimum atomic E-state index is -1.18. The highest BCUT2D eigenvalue weighted by molar-refractivity contribution is 6.31. The average Bonchev–Trinajstić information content (AvgIpc) is 3.05. The Hall–Kier alpha value is -4.80. The molecule has 0 spiro atoms. The zero-order valence-electron chi connectivity index (χ0n) is 24.3. The number of carbonyl (C=O) groups is 4. The fourth-order valence-electron chi connectivity index (χ4n) is 4.13. The number of rotatable bonds is 8. The second-order valence-corrected chi connectivity index (χ2v) is 10.3. The van der Waals surface area contributed by atoms with Crippen LogP contribution in [0.2, 0.25) is 10.0 Å². The molecule has 45 heavy (non-hydrogen) atoms. The molecule has 0 fully saturated rings. The molecule has 0 saturated heterocycles. The first-order chi connectivity index (χ1) is 21.4. The highest BCUT2D eigenvalue weighted by Crippen LogP contribution is 2.27. The lowest BCUT2D eigenvalue weighted by molar-refractivity contribution is -0.141. The number of benzene rings is 4. The number of nitrogens with zero attached hydrogens (tertiary/aromatic N) is 2. The van der Waals surface area contributed by atoms with Gasteiger partial charge in [0.1, 0.15) is 23.7 Å². The zero-order valence-corrected chi connectivity index (χ0v) is 25.8. The Balaban J connectivity index is 0.000000246. The van der Waals surface area contributed by atoms with E-state index in [4.69, 9.17) is 27.9 Å². The molecular formula is C33H28Cl2F2N2O6. The lowest BCUT2D eigenvalue weighted by Gasteiger charge is -2.28. The monoisotopic (exact) mass is 656 g/mol. The molecule has 4 aromatic carbocycles. The number of halogens is 4. The number of aliphatic carboxylic acids is 1. The van der Waals surface area contributed by atoms with E-state index in [1.807, 2.05) is 0 Å². The van der Waals surface area contributed by atoms with Gasteiger partial charge in [-0.1, -0.05) is 59.6 Å². The molecule has 4 aromatic rings. The first-order valence-electron chi connectivity index (χ1n) is 13.3. The summed E-state index contributed by atoms with van der Waals surface area (Å²) in [6.07, 6.45) is 0. The molecule has 4 rings (SSSR count). The molecule has 8 nitrogen and oxygen atoms in total. The maximum atomic E-state index is 13.4. The zero-order chi connectivity index (χ0) is 33.3. The third-order valence-corrected chi connectivity index (χ3v) is 7.10. The third kappa shape index (κ3) is 8.65. The molecule has 0 saturated carbocycles. The van der Waals surface area contributed by atoms with Gasteiger partial charge in [-0.15, -0.1) is 0 Å². The van der Waals surface area contributed by atoms with E-state index in [1.165, 1.54) is 50.1 Å². The Morgan fingerprint density at radius 3 is 1.38 bits per heavy atom. The standard InChI is InChI=1S/C17H15ClFNO3.C16H13ClFNO3/c1-11(17(22)23-2)20(13-8-9-15(19)14(18)10-13)16(21)12-6-4-3-5-7-12;1-10(16(21)22)19(12-7-8-14(18)13(17)9-12)15(20)11-5-3-2-4-6-11/h3-11H,1-2H3;2-10H,1H3,(H,21,22). The first-order valence-corrected chi connectivity index (χ1v) is 14.1. The summed E-state index contributed by atoms with van der Waals surface area (Å²) in [7, 11) is 1.24. The molecule has 1 N–H and O–H groups in total. The largest absolute Gasteiger partial charge is 0.480 e. The molecule has 0 aromatic heterocycles. The number of esters is 1. The van der Waals surface area contributed by atoms with Crippen LogP contribution in [0, 0.1) is 11.6 Å². The Morgan fingerprint density at radius 2 is 1.04 bits per heavy atom. The number of methoxy groups -OCH3 is 1. The molecule has 234 valence electrons. The summed E-state index contributed by atoms with van der Waals surface area (Å²) in [5, 5.41) is 8.92. The van der Waals surface area contributed by atoms with Crippen LogP contribution in [0.3, 0.4) is 0 Å². The minimum Gasteiger partial charge on any atom is -0.480 e. The summed E-state index contributed by atoms with van der Waals surface area (Å²) < 4.78 is 31.4. The molecule has 0 bridgehead atoms. The maximum Gasteiger partial charge on any atom is 0.328 e. The molecule has 0 aliphatic carbocycles. The van der Waals surface area contributed by atoms with Crippen molar-refractivity contribution in [2.45, 2.75) is 25.9 Å². The number of amides is 2. The van der Waals surface area contributed by atoms with Crippen LogP contribution < -0.4 is 9.80 Å². The topological polar surface area (TPSA) is 104 Å². The van der Waals surface area contributed by atoms with Gasteiger partial charge in [0.25, 0.3) is 11.8 Å². The van der Waals surface area contributed by atoms with E-state index in [9.17, 15) is 33.1 Å². The van der Waals surface area contributed by atoms with Crippen molar-refractivity contribution in [1.82, 2.24) is 0 Å². The molecule has 0 aliphatic rings. The van der Waals surface area contributed by atoms with Crippen molar-refractivity contribution in [1.29, 1.82) is 0 Å². The number of hydrogen-bond acceptors (Lipinski definition) is 5. The van der Waals surface area contributed by atoms with Crippen molar-refractivity contribution in [3.8, 4) is 0 Å². The van der Waals surface area contributed by atoms with E-state index in [0.29, 0.717) is 16.8 Å². The van der Waals surface area contributed by atoms with Gasteiger partial charge in [0.15, 0.2) is 0 Å². The highest BCUT2D eigenvalue weighted by atomic mass is 35.5. The third-order valence-electron chi connectivity index (χ3n) is 6.52. The fraction of sp³-hybridized carbons (Fsp3) is 0.152. The van der Waals surface area contributed by atoms with E-state index in [0.717, 1.165) is 17.0 Å². The smallest absolute Gasteiger partial charge is 0.328 e. The van der Waals surface area contributed by atoms with Crippen molar-refractivity contribution >= 4 is 58.3 Å². The number of anilines is 2. The van der Waals surface area contributed by atoms with Gasteiger partial charge in [-0.25, -0.2) is 18.4 Å². The van der Waals surface area contributed by atoms with Crippen LogP contribution in [-0.4, -0.2) is 48.1 Å². The van der Waals surface area contributed by atoms with E-state index >= 15 is 0 Å². The maximum absolute atomic E-state index is 13.4. The van der Waals surface area contributed by atoms with Gasteiger partial charge >= 0.3 is 11.9 Å². The number of carboxylic acids is 1. The Kier molecular flexibility index (Phi) is 12.2. The van der Waals surface area contributed by atoms with Crippen LogP contribution in [0.4, 0.5) is 20.2 Å². The van der Waals surface area contributed by atoms with Gasteiger partial charge in [-0.05, 0) is 74.5 Å². The lowest BCUT2D eigenvalue weighted by atomic mass is 10.1. The Labute approximate surface area is 268 Å². The fourth-order valence-corrected chi connectivity index (χ4v) is 4.48. The molecule has 12 heteroatoms. The molecule has 2 unspecified atom stereocenters. The number of carboxylic acid groups (broad SMARTS) is 1. The number of hydrogen-bond donors (Lipinski definition) is 1. The van der Waals surface area contributed by atoms with E-state index in [1.54, 1.807) is 60.7 Å². The van der Waals surface area contributed by atoms with E-state index in [2.05, 4.69) is 0 Å². The van der Waals surface area contributed by atoms with Gasteiger partial charge in [0.2, 0.25) is 0 Å².